The van der Waals surface area contributed by atoms with E-state index in [1.54, 1.807) is 24.3 Å². The van der Waals surface area contributed by atoms with Crippen LogP contribution in [0.5, 0.6) is 5.75 Å². The minimum Gasteiger partial charge on any atom is -0.490 e. The van der Waals surface area contributed by atoms with Crippen molar-refractivity contribution >= 4 is 27.8 Å². The van der Waals surface area contributed by atoms with Gasteiger partial charge in [-0.2, -0.15) is 12.7 Å². The smallest absolute Gasteiger partial charge is 0.324 e. The van der Waals surface area contributed by atoms with Gasteiger partial charge in [0.05, 0.1) is 0 Å². The molecule has 122 valence electrons. The Morgan fingerprint density at radius 2 is 2.18 bits per heavy atom. The highest BCUT2D eigenvalue weighted by Crippen LogP contribution is 2.20. The maximum absolute atomic E-state index is 11.9. The lowest BCUT2D eigenvalue weighted by molar-refractivity contribution is -0.148. The third-order valence-electron chi connectivity index (χ3n) is 3.20. The number of esters is 1. The van der Waals surface area contributed by atoms with Crippen molar-refractivity contribution < 1.29 is 22.7 Å². The molecular formula is C13H17ClN2O5S. The van der Waals surface area contributed by atoms with Crippen LogP contribution in [-0.4, -0.2) is 44.5 Å². The maximum Gasteiger partial charge on any atom is 0.324 e. The highest BCUT2D eigenvalue weighted by atomic mass is 35.5. The first-order chi connectivity index (χ1) is 10.4. The first kappa shape index (κ1) is 17.0. The SMILES string of the molecule is NS(=O)(=O)N1CCC[C@@H]1C(=O)OCCOc1cccc(Cl)c1. The molecule has 0 amide bonds. The summed E-state index contributed by atoms with van der Waals surface area (Å²) in [6.07, 6.45) is 0.986. The van der Waals surface area contributed by atoms with Crippen LogP contribution in [-0.2, 0) is 19.7 Å². The molecule has 1 aromatic rings. The number of nitrogens with zero attached hydrogens (tertiary/aromatic N) is 1. The number of rotatable bonds is 6. The summed E-state index contributed by atoms with van der Waals surface area (Å²) in [5.41, 5.74) is 0. The van der Waals surface area contributed by atoms with E-state index in [0.29, 0.717) is 23.6 Å². The molecule has 1 heterocycles. The molecule has 0 saturated carbocycles. The highest BCUT2D eigenvalue weighted by Gasteiger charge is 2.37. The van der Waals surface area contributed by atoms with Crippen molar-refractivity contribution in [1.82, 2.24) is 4.31 Å². The number of benzene rings is 1. The summed E-state index contributed by atoms with van der Waals surface area (Å²) in [5, 5.41) is 5.61. The van der Waals surface area contributed by atoms with Crippen molar-refractivity contribution in [2.75, 3.05) is 19.8 Å². The molecular weight excluding hydrogens is 332 g/mol. The van der Waals surface area contributed by atoms with E-state index in [0.717, 1.165) is 4.31 Å². The molecule has 9 heteroatoms. The molecule has 1 aliphatic heterocycles. The van der Waals surface area contributed by atoms with Gasteiger partial charge in [-0.1, -0.05) is 17.7 Å². The summed E-state index contributed by atoms with van der Waals surface area (Å²) in [6.45, 7) is 0.395. The van der Waals surface area contributed by atoms with E-state index in [2.05, 4.69) is 0 Å². The Bertz CT molecular complexity index is 637. The van der Waals surface area contributed by atoms with Crippen LogP contribution in [0.15, 0.2) is 24.3 Å². The van der Waals surface area contributed by atoms with Gasteiger partial charge in [0.2, 0.25) is 0 Å². The molecule has 0 spiro atoms. The van der Waals surface area contributed by atoms with Gasteiger partial charge in [-0.25, -0.2) is 5.14 Å². The molecule has 1 aliphatic rings. The number of ether oxygens (including phenoxy) is 2. The summed E-state index contributed by atoms with van der Waals surface area (Å²) in [6, 6.07) is 5.99. The monoisotopic (exact) mass is 348 g/mol. The third-order valence-corrected chi connectivity index (χ3v) is 4.52. The van der Waals surface area contributed by atoms with E-state index in [1.165, 1.54) is 0 Å². The van der Waals surface area contributed by atoms with E-state index in [9.17, 15) is 13.2 Å². The van der Waals surface area contributed by atoms with Gasteiger partial charge in [0, 0.05) is 11.6 Å². The normalized spacial score (nSPS) is 19.1. The zero-order chi connectivity index (χ0) is 16.2. The van der Waals surface area contributed by atoms with Gasteiger partial charge in [-0.15, -0.1) is 0 Å². The summed E-state index contributed by atoms with van der Waals surface area (Å²) in [4.78, 5) is 11.9. The number of hydrogen-bond acceptors (Lipinski definition) is 5. The van der Waals surface area contributed by atoms with Gasteiger partial charge in [0.25, 0.3) is 10.2 Å². The molecule has 2 N–H and O–H groups in total. The minimum absolute atomic E-state index is 0.0142. The minimum atomic E-state index is -3.89. The molecule has 7 nitrogen and oxygen atoms in total. The molecule has 0 aliphatic carbocycles. The van der Waals surface area contributed by atoms with Crippen LogP contribution in [0, 0.1) is 0 Å². The van der Waals surface area contributed by atoms with E-state index in [4.69, 9.17) is 26.2 Å². The molecule has 1 atom stereocenters. The molecule has 1 aromatic carbocycles. The average molecular weight is 349 g/mol. The predicted molar refractivity (Wildman–Crippen MR) is 80.7 cm³/mol. The quantitative estimate of drug-likeness (QED) is 0.609. The highest BCUT2D eigenvalue weighted by molar-refractivity contribution is 7.86. The Balaban J connectivity index is 1.78. The Labute approximate surface area is 134 Å². The first-order valence-corrected chi connectivity index (χ1v) is 8.60. The van der Waals surface area contributed by atoms with Crippen molar-refractivity contribution in [3.05, 3.63) is 29.3 Å². The van der Waals surface area contributed by atoms with E-state index < -0.39 is 22.2 Å². The van der Waals surface area contributed by atoms with Gasteiger partial charge < -0.3 is 9.47 Å². The van der Waals surface area contributed by atoms with Crippen molar-refractivity contribution in [3.8, 4) is 5.75 Å². The van der Waals surface area contributed by atoms with E-state index in [-0.39, 0.29) is 19.8 Å². The van der Waals surface area contributed by atoms with Gasteiger partial charge in [-0.3, -0.25) is 4.79 Å². The standard InChI is InChI=1S/C13H17ClN2O5S/c14-10-3-1-4-11(9-10)20-7-8-21-13(17)12-5-2-6-16(12)22(15,18)19/h1,3-4,9,12H,2,5-8H2,(H2,15,18,19)/t12-/m1/s1. The molecule has 0 radical (unpaired) electrons. The van der Waals surface area contributed by atoms with E-state index in [1.807, 2.05) is 0 Å². The lowest BCUT2D eigenvalue weighted by Gasteiger charge is -2.20. The second-order valence-corrected chi connectivity index (χ2v) is 6.72. The lowest BCUT2D eigenvalue weighted by Crippen LogP contribution is -2.44. The zero-order valence-corrected chi connectivity index (χ0v) is 13.3. The van der Waals surface area contributed by atoms with Crippen LogP contribution in [0.25, 0.3) is 0 Å². The maximum atomic E-state index is 11.9. The number of hydrogen-bond donors (Lipinski definition) is 1. The van der Waals surface area contributed by atoms with Crippen LogP contribution in [0.2, 0.25) is 5.02 Å². The van der Waals surface area contributed by atoms with Crippen LogP contribution < -0.4 is 9.88 Å². The van der Waals surface area contributed by atoms with Gasteiger partial charge in [0.15, 0.2) is 0 Å². The molecule has 22 heavy (non-hydrogen) atoms. The fraction of sp³-hybridized carbons (Fsp3) is 0.462. The number of halogens is 1. The summed E-state index contributed by atoms with van der Waals surface area (Å²) in [5.74, 6) is -0.0446. The Kier molecular flexibility index (Phi) is 5.63. The summed E-state index contributed by atoms with van der Waals surface area (Å²) < 4.78 is 34.1. The van der Waals surface area contributed by atoms with Crippen molar-refractivity contribution in [1.29, 1.82) is 0 Å². The number of nitrogens with two attached hydrogens (primary N) is 1. The molecule has 0 bridgehead atoms. The summed E-state index contributed by atoms with van der Waals surface area (Å²) in [7, 11) is -3.89. The second-order valence-electron chi connectivity index (χ2n) is 4.79. The van der Waals surface area contributed by atoms with Gasteiger partial charge >= 0.3 is 5.97 Å². The predicted octanol–water partition coefficient (Wildman–Crippen LogP) is 0.930. The first-order valence-electron chi connectivity index (χ1n) is 6.72. The Morgan fingerprint density at radius 3 is 2.86 bits per heavy atom. The van der Waals surface area contributed by atoms with E-state index >= 15 is 0 Å². The zero-order valence-electron chi connectivity index (χ0n) is 11.8. The molecule has 0 unspecified atom stereocenters. The van der Waals surface area contributed by atoms with Crippen LogP contribution >= 0.6 is 11.6 Å². The second kappa shape index (κ2) is 7.28. The molecule has 0 aromatic heterocycles. The fourth-order valence-corrected chi connectivity index (χ4v) is 3.35. The Morgan fingerprint density at radius 1 is 1.41 bits per heavy atom. The third kappa shape index (κ3) is 4.57. The molecule has 1 fully saturated rings. The van der Waals surface area contributed by atoms with Crippen LogP contribution in [0.4, 0.5) is 0 Å². The van der Waals surface area contributed by atoms with Crippen LogP contribution in [0.3, 0.4) is 0 Å². The van der Waals surface area contributed by atoms with Crippen molar-refractivity contribution in [2.45, 2.75) is 18.9 Å². The topological polar surface area (TPSA) is 98.9 Å². The summed E-state index contributed by atoms with van der Waals surface area (Å²) >= 11 is 5.81. The number of carbonyl (C=O) groups is 1. The largest absolute Gasteiger partial charge is 0.490 e. The molecule has 1 saturated heterocycles. The van der Waals surface area contributed by atoms with Gasteiger partial charge in [0.1, 0.15) is 25.0 Å². The van der Waals surface area contributed by atoms with Crippen LogP contribution in [0.1, 0.15) is 12.8 Å². The molecule has 2 rings (SSSR count). The van der Waals surface area contributed by atoms with Crippen molar-refractivity contribution in [3.63, 3.8) is 0 Å². The number of carbonyl (C=O) groups excluding carboxylic acids is 1. The fourth-order valence-electron chi connectivity index (χ4n) is 2.24. The van der Waals surface area contributed by atoms with Gasteiger partial charge in [-0.05, 0) is 31.0 Å². The average Bonchev–Trinajstić information content (AvgIpc) is 2.93. The lowest BCUT2D eigenvalue weighted by atomic mass is 10.2. The van der Waals surface area contributed by atoms with Crippen molar-refractivity contribution in [2.24, 2.45) is 5.14 Å². The Hall–Kier alpha value is -1.35.